The van der Waals surface area contributed by atoms with E-state index >= 15 is 0 Å². The summed E-state index contributed by atoms with van der Waals surface area (Å²) in [6.45, 7) is 6.45. The van der Waals surface area contributed by atoms with Crippen LogP contribution in [0.25, 0.3) is 16.7 Å². The highest BCUT2D eigenvalue weighted by atomic mass is 16.1. The molecule has 0 radical (unpaired) electrons. The van der Waals surface area contributed by atoms with Crippen LogP contribution < -0.4 is 11.1 Å². The smallest absolute Gasteiger partial charge is 0.277 e. The van der Waals surface area contributed by atoms with Crippen molar-refractivity contribution in [3.63, 3.8) is 0 Å². The SMILES string of the molecule is CCCn1c(=O)c2c(C)nc(CC)n2c2[nH]c(=O)ccc21. The highest BCUT2D eigenvalue weighted by molar-refractivity contribution is 5.76. The molecule has 0 aliphatic carbocycles. The number of rotatable bonds is 3. The Balaban J connectivity index is 2.65. The Bertz CT molecular complexity index is 946. The Hall–Kier alpha value is -2.37. The first-order valence-corrected chi connectivity index (χ1v) is 7.22. The third-order valence-corrected chi connectivity index (χ3v) is 3.72. The van der Waals surface area contributed by atoms with Crippen molar-refractivity contribution in [3.8, 4) is 0 Å². The normalized spacial score (nSPS) is 11.6. The number of hydrogen-bond donors (Lipinski definition) is 1. The first-order valence-electron chi connectivity index (χ1n) is 7.22. The molecule has 0 bridgehead atoms. The minimum atomic E-state index is -0.182. The Morgan fingerprint density at radius 2 is 2.00 bits per heavy atom. The van der Waals surface area contributed by atoms with Gasteiger partial charge in [0.05, 0.1) is 11.2 Å². The molecule has 0 aliphatic rings. The Labute approximate surface area is 121 Å². The Morgan fingerprint density at radius 3 is 2.67 bits per heavy atom. The molecule has 0 amide bonds. The summed E-state index contributed by atoms with van der Waals surface area (Å²) in [6.07, 6.45) is 1.54. The van der Waals surface area contributed by atoms with E-state index in [1.807, 2.05) is 20.8 Å². The summed E-state index contributed by atoms with van der Waals surface area (Å²) in [5, 5.41) is 0. The zero-order valence-corrected chi connectivity index (χ0v) is 12.4. The van der Waals surface area contributed by atoms with Gasteiger partial charge < -0.3 is 9.55 Å². The third-order valence-electron chi connectivity index (χ3n) is 3.72. The molecule has 1 N–H and O–H groups in total. The van der Waals surface area contributed by atoms with Crippen molar-refractivity contribution in [3.05, 3.63) is 44.4 Å². The van der Waals surface area contributed by atoms with E-state index in [0.29, 0.717) is 29.8 Å². The molecule has 0 saturated heterocycles. The summed E-state index contributed by atoms with van der Waals surface area (Å²) >= 11 is 0. The molecule has 0 atom stereocenters. The number of hydrogen-bond acceptors (Lipinski definition) is 3. The molecule has 3 aromatic rings. The topological polar surface area (TPSA) is 72.2 Å². The first-order chi connectivity index (χ1) is 10.1. The fourth-order valence-electron chi connectivity index (χ4n) is 2.84. The van der Waals surface area contributed by atoms with Gasteiger partial charge in [-0.05, 0) is 19.4 Å². The van der Waals surface area contributed by atoms with Crippen molar-refractivity contribution in [1.82, 2.24) is 18.9 Å². The zero-order valence-electron chi connectivity index (χ0n) is 12.4. The van der Waals surface area contributed by atoms with Crippen LogP contribution in [0.2, 0.25) is 0 Å². The largest absolute Gasteiger partial charge is 0.306 e. The van der Waals surface area contributed by atoms with E-state index in [2.05, 4.69) is 9.97 Å². The van der Waals surface area contributed by atoms with E-state index in [1.165, 1.54) is 6.07 Å². The summed E-state index contributed by atoms with van der Waals surface area (Å²) in [5.74, 6) is 0.787. The number of aromatic amines is 1. The van der Waals surface area contributed by atoms with Crippen molar-refractivity contribution in [1.29, 1.82) is 0 Å². The molecule has 6 heteroatoms. The fraction of sp³-hybridized carbons (Fsp3) is 0.400. The predicted octanol–water partition coefficient (Wildman–Crippen LogP) is 1.62. The molecule has 21 heavy (non-hydrogen) atoms. The number of fused-ring (bicyclic) bond motifs is 3. The van der Waals surface area contributed by atoms with Crippen LogP contribution in [0.4, 0.5) is 0 Å². The molecule has 3 rings (SSSR count). The van der Waals surface area contributed by atoms with Gasteiger partial charge in [0.25, 0.3) is 5.56 Å². The zero-order chi connectivity index (χ0) is 15.1. The van der Waals surface area contributed by atoms with Crippen LogP contribution in [0.1, 0.15) is 31.8 Å². The number of imidazole rings is 1. The van der Waals surface area contributed by atoms with Crippen molar-refractivity contribution in [2.75, 3.05) is 0 Å². The lowest BCUT2D eigenvalue weighted by atomic mass is 10.3. The van der Waals surface area contributed by atoms with E-state index in [4.69, 9.17) is 0 Å². The van der Waals surface area contributed by atoms with Crippen molar-refractivity contribution >= 4 is 16.7 Å². The summed E-state index contributed by atoms with van der Waals surface area (Å²) in [5.41, 5.74) is 2.40. The molecule has 3 aromatic heterocycles. The molecule has 0 spiro atoms. The lowest BCUT2D eigenvalue weighted by molar-refractivity contribution is 0.676. The quantitative estimate of drug-likeness (QED) is 0.795. The average molecular weight is 286 g/mol. The van der Waals surface area contributed by atoms with Gasteiger partial charge in [-0.25, -0.2) is 4.98 Å². The van der Waals surface area contributed by atoms with E-state index in [-0.39, 0.29) is 11.1 Å². The van der Waals surface area contributed by atoms with Crippen LogP contribution in [-0.4, -0.2) is 18.9 Å². The van der Waals surface area contributed by atoms with E-state index < -0.39 is 0 Å². The van der Waals surface area contributed by atoms with E-state index in [1.54, 1.807) is 15.0 Å². The molecule has 0 aromatic carbocycles. The van der Waals surface area contributed by atoms with Crippen LogP contribution in [0.5, 0.6) is 0 Å². The average Bonchev–Trinajstić information content (AvgIpc) is 2.80. The Kier molecular flexibility index (Phi) is 3.16. The molecule has 0 aliphatic heterocycles. The van der Waals surface area contributed by atoms with Gasteiger partial charge in [0.15, 0.2) is 0 Å². The second-order valence-electron chi connectivity index (χ2n) is 5.16. The standard InChI is InChI=1S/C15H18N4O2/c1-4-8-18-10-6-7-12(20)17-14(10)19-11(5-2)16-9(3)13(19)15(18)21/h6-7H,4-5,8H2,1-3H3,(H,17,20). The second-order valence-corrected chi connectivity index (χ2v) is 5.16. The van der Waals surface area contributed by atoms with Crippen molar-refractivity contribution in [2.45, 2.75) is 40.2 Å². The maximum Gasteiger partial charge on any atom is 0.277 e. The summed E-state index contributed by atoms with van der Waals surface area (Å²) in [7, 11) is 0. The molecule has 6 nitrogen and oxygen atoms in total. The minimum absolute atomic E-state index is 0.0545. The maximum absolute atomic E-state index is 12.8. The number of nitrogens with zero attached hydrogens (tertiary/aromatic N) is 3. The number of pyridine rings is 1. The van der Waals surface area contributed by atoms with Crippen molar-refractivity contribution < 1.29 is 0 Å². The van der Waals surface area contributed by atoms with E-state index in [9.17, 15) is 9.59 Å². The fourth-order valence-corrected chi connectivity index (χ4v) is 2.84. The van der Waals surface area contributed by atoms with Gasteiger partial charge in [0, 0.05) is 19.0 Å². The van der Waals surface area contributed by atoms with Crippen LogP contribution in [-0.2, 0) is 13.0 Å². The molecular formula is C15H18N4O2. The van der Waals surface area contributed by atoms with Crippen LogP contribution >= 0.6 is 0 Å². The molecule has 0 fully saturated rings. The third kappa shape index (κ3) is 1.90. The van der Waals surface area contributed by atoms with Gasteiger partial charge in [-0.2, -0.15) is 0 Å². The van der Waals surface area contributed by atoms with Gasteiger partial charge in [0.1, 0.15) is 17.0 Å². The van der Waals surface area contributed by atoms with Gasteiger partial charge >= 0.3 is 0 Å². The molecule has 0 saturated carbocycles. The lowest BCUT2D eigenvalue weighted by Crippen LogP contribution is -2.25. The Morgan fingerprint density at radius 1 is 1.24 bits per heavy atom. The monoisotopic (exact) mass is 286 g/mol. The van der Waals surface area contributed by atoms with Gasteiger partial charge in [-0.1, -0.05) is 13.8 Å². The highest BCUT2D eigenvalue weighted by Crippen LogP contribution is 2.16. The molecule has 0 unspecified atom stereocenters. The lowest BCUT2D eigenvalue weighted by Gasteiger charge is -2.12. The minimum Gasteiger partial charge on any atom is -0.306 e. The number of aryl methyl sites for hydroxylation is 3. The predicted molar refractivity (Wildman–Crippen MR) is 82.0 cm³/mol. The molecular weight excluding hydrogens is 268 g/mol. The van der Waals surface area contributed by atoms with E-state index in [0.717, 1.165) is 17.8 Å². The molecule has 3 heterocycles. The highest BCUT2D eigenvalue weighted by Gasteiger charge is 2.17. The second kappa shape index (κ2) is 4.87. The van der Waals surface area contributed by atoms with Crippen LogP contribution in [0.15, 0.2) is 21.7 Å². The number of aromatic nitrogens is 4. The summed E-state index contributed by atoms with van der Waals surface area (Å²) in [6, 6.07) is 3.16. The van der Waals surface area contributed by atoms with Gasteiger partial charge in [-0.15, -0.1) is 0 Å². The van der Waals surface area contributed by atoms with Crippen molar-refractivity contribution in [2.24, 2.45) is 0 Å². The maximum atomic E-state index is 12.8. The number of H-pyrrole nitrogens is 1. The number of nitrogens with one attached hydrogen (secondary N) is 1. The van der Waals surface area contributed by atoms with Gasteiger partial charge in [-0.3, -0.25) is 14.0 Å². The van der Waals surface area contributed by atoms with Crippen LogP contribution in [0.3, 0.4) is 0 Å². The summed E-state index contributed by atoms with van der Waals surface area (Å²) in [4.78, 5) is 31.8. The van der Waals surface area contributed by atoms with Crippen LogP contribution in [0, 0.1) is 6.92 Å². The summed E-state index contributed by atoms with van der Waals surface area (Å²) < 4.78 is 3.51. The van der Waals surface area contributed by atoms with Gasteiger partial charge in [0.2, 0.25) is 5.56 Å². The first kappa shape index (κ1) is 13.6. The molecule has 110 valence electrons.